The Labute approximate surface area is 85.3 Å². The monoisotopic (exact) mass is 240 g/mol. The maximum absolute atomic E-state index is 11.3. The van der Waals surface area contributed by atoms with Crippen LogP contribution in [0, 0.1) is 0 Å². The van der Waals surface area contributed by atoms with Gasteiger partial charge in [0.1, 0.15) is 6.61 Å². The molecule has 0 aliphatic carbocycles. The summed E-state index contributed by atoms with van der Waals surface area (Å²) in [5.41, 5.74) is 0.532. The zero-order chi connectivity index (χ0) is 9.68. The third-order valence-electron chi connectivity index (χ3n) is 1.43. The van der Waals surface area contributed by atoms with E-state index >= 15 is 0 Å². The van der Waals surface area contributed by atoms with Gasteiger partial charge in [-0.15, -0.1) is 0 Å². The Hall–Kier alpha value is -1.09. The molecule has 0 spiro atoms. The summed E-state index contributed by atoms with van der Waals surface area (Å²) in [5.74, 6) is -0.340. The standard InChI is InChI=1S/C10H9BrO2/c1-2-7-13-10(12)8-5-3-4-6-9(8)11/h2-6H,1,7H2. The summed E-state index contributed by atoms with van der Waals surface area (Å²) in [6, 6.07) is 7.13. The summed E-state index contributed by atoms with van der Waals surface area (Å²) < 4.78 is 5.61. The van der Waals surface area contributed by atoms with Gasteiger partial charge in [0.05, 0.1) is 5.56 Å². The molecular weight excluding hydrogens is 232 g/mol. The first kappa shape index (κ1) is 9.99. The first-order valence-corrected chi connectivity index (χ1v) is 4.57. The van der Waals surface area contributed by atoms with Gasteiger partial charge < -0.3 is 4.74 Å². The van der Waals surface area contributed by atoms with E-state index in [0.29, 0.717) is 5.56 Å². The molecule has 0 atom stereocenters. The van der Waals surface area contributed by atoms with Crippen molar-refractivity contribution in [2.24, 2.45) is 0 Å². The molecule has 0 bridgehead atoms. The lowest BCUT2D eigenvalue weighted by molar-refractivity contribution is 0.0548. The summed E-state index contributed by atoms with van der Waals surface area (Å²) in [6.07, 6.45) is 1.54. The quantitative estimate of drug-likeness (QED) is 0.600. The molecule has 13 heavy (non-hydrogen) atoms. The minimum absolute atomic E-state index is 0.236. The second-order valence-corrected chi connectivity index (χ2v) is 3.22. The number of carbonyl (C=O) groups is 1. The van der Waals surface area contributed by atoms with Crippen molar-refractivity contribution in [3.63, 3.8) is 0 Å². The van der Waals surface area contributed by atoms with Crippen LogP contribution in [0.2, 0.25) is 0 Å². The fraction of sp³-hybridized carbons (Fsp3) is 0.100. The van der Waals surface area contributed by atoms with Crippen molar-refractivity contribution in [1.29, 1.82) is 0 Å². The highest BCUT2D eigenvalue weighted by molar-refractivity contribution is 9.10. The fourth-order valence-electron chi connectivity index (χ4n) is 0.839. The lowest BCUT2D eigenvalue weighted by atomic mass is 10.2. The van der Waals surface area contributed by atoms with Crippen LogP contribution in [0.3, 0.4) is 0 Å². The molecular formula is C10H9BrO2. The predicted molar refractivity (Wildman–Crippen MR) is 54.6 cm³/mol. The molecule has 0 unspecified atom stereocenters. The Kier molecular flexibility index (Phi) is 3.71. The highest BCUT2D eigenvalue weighted by Gasteiger charge is 2.08. The number of esters is 1. The van der Waals surface area contributed by atoms with Gasteiger partial charge in [0.25, 0.3) is 0 Å². The summed E-state index contributed by atoms with van der Waals surface area (Å²) >= 11 is 3.26. The van der Waals surface area contributed by atoms with Gasteiger partial charge in [-0.05, 0) is 28.1 Å². The molecule has 0 heterocycles. The zero-order valence-electron chi connectivity index (χ0n) is 7.00. The number of halogens is 1. The largest absolute Gasteiger partial charge is 0.458 e. The fourth-order valence-corrected chi connectivity index (χ4v) is 1.29. The molecule has 0 radical (unpaired) electrons. The molecule has 0 fully saturated rings. The molecule has 0 aromatic heterocycles. The second kappa shape index (κ2) is 4.82. The molecule has 3 heteroatoms. The normalized spacial score (nSPS) is 9.31. The van der Waals surface area contributed by atoms with E-state index in [0.717, 1.165) is 4.47 Å². The van der Waals surface area contributed by atoms with Gasteiger partial charge in [-0.25, -0.2) is 4.79 Å². The third kappa shape index (κ3) is 2.70. The van der Waals surface area contributed by atoms with Crippen molar-refractivity contribution in [3.8, 4) is 0 Å². The zero-order valence-corrected chi connectivity index (χ0v) is 8.58. The lowest BCUT2D eigenvalue weighted by Crippen LogP contribution is -2.05. The van der Waals surface area contributed by atoms with Crippen molar-refractivity contribution in [2.75, 3.05) is 6.61 Å². The minimum Gasteiger partial charge on any atom is -0.458 e. The number of hydrogen-bond acceptors (Lipinski definition) is 2. The summed E-state index contributed by atoms with van der Waals surface area (Å²) in [7, 11) is 0. The Morgan fingerprint density at radius 1 is 1.54 bits per heavy atom. The third-order valence-corrected chi connectivity index (χ3v) is 2.12. The SMILES string of the molecule is C=CCOC(=O)c1ccccc1Br. The van der Waals surface area contributed by atoms with Crippen LogP contribution in [-0.4, -0.2) is 12.6 Å². The van der Waals surface area contributed by atoms with Gasteiger partial charge in [0.15, 0.2) is 0 Å². The topological polar surface area (TPSA) is 26.3 Å². The molecule has 0 saturated heterocycles. The maximum Gasteiger partial charge on any atom is 0.339 e. The molecule has 1 rings (SSSR count). The predicted octanol–water partition coefficient (Wildman–Crippen LogP) is 2.79. The van der Waals surface area contributed by atoms with Crippen LogP contribution in [0.5, 0.6) is 0 Å². The molecule has 0 N–H and O–H groups in total. The van der Waals surface area contributed by atoms with E-state index in [1.54, 1.807) is 18.2 Å². The van der Waals surface area contributed by atoms with Crippen molar-refractivity contribution >= 4 is 21.9 Å². The molecule has 0 aliphatic heterocycles. The Bertz CT molecular complexity index is 320. The van der Waals surface area contributed by atoms with Gasteiger partial charge in [-0.1, -0.05) is 24.8 Å². The van der Waals surface area contributed by atoms with E-state index in [9.17, 15) is 4.79 Å². The Balaban J connectivity index is 2.76. The van der Waals surface area contributed by atoms with Crippen LogP contribution >= 0.6 is 15.9 Å². The first-order chi connectivity index (χ1) is 6.25. The highest BCUT2D eigenvalue weighted by Crippen LogP contribution is 2.16. The highest BCUT2D eigenvalue weighted by atomic mass is 79.9. The van der Waals surface area contributed by atoms with Gasteiger partial charge >= 0.3 is 5.97 Å². The van der Waals surface area contributed by atoms with E-state index < -0.39 is 0 Å². The molecule has 0 aliphatic rings. The number of benzene rings is 1. The van der Waals surface area contributed by atoms with Gasteiger partial charge in [-0.2, -0.15) is 0 Å². The van der Waals surface area contributed by atoms with Crippen LogP contribution < -0.4 is 0 Å². The molecule has 1 aromatic carbocycles. The molecule has 2 nitrogen and oxygen atoms in total. The Morgan fingerprint density at radius 3 is 2.85 bits per heavy atom. The van der Waals surface area contributed by atoms with Gasteiger partial charge in [-0.3, -0.25) is 0 Å². The number of rotatable bonds is 3. The average molecular weight is 241 g/mol. The minimum atomic E-state index is -0.340. The maximum atomic E-state index is 11.3. The Morgan fingerprint density at radius 2 is 2.23 bits per heavy atom. The van der Waals surface area contributed by atoms with Crippen LogP contribution in [0.25, 0.3) is 0 Å². The van der Waals surface area contributed by atoms with Crippen molar-refractivity contribution < 1.29 is 9.53 Å². The summed E-state index contributed by atoms with van der Waals surface area (Å²) in [4.78, 5) is 11.3. The van der Waals surface area contributed by atoms with E-state index in [-0.39, 0.29) is 12.6 Å². The van der Waals surface area contributed by atoms with Crippen molar-refractivity contribution in [3.05, 3.63) is 47.0 Å². The van der Waals surface area contributed by atoms with Crippen LogP contribution in [0.15, 0.2) is 41.4 Å². The van der Waals surface area contributed by atoms with Crippen LogP contribution in [0.1, 0.15) is 10.4 Å². The molecule has 0 amide bonds. The second-order valence-electron chi connectivity index (χ2n) is 2.37. The van der Waals surface area contributed by atoms with E-state index in [2.05, 4.69) is 22.5 Å². The van der Waals surface area contributed by atoms with Gasteiger partial charge in [0, 0.05) is 4.47 Å². The molecule has 1 aromatic rings. The van der Waals surface area contributed by atoms with E-state index in [1.165, 1.54) is 6.08 Å². The number of carbonyl (C=O) groups excluding carboxylic acids is 1. The van der Waals surface area contributed by atoms with Crippen LogP contribution in [-0.2, 0) is 4.74 Å². The lowest BCUT2D eigenvalue weighted by Gasteiger charge is -2.02. The van der Waals surface area contributed by atoms with Crippen molar-refractivity contribution in [1.82, 2.24) is 0 Å². The summed E-state index contributed by atoms with van der Waals surface area (Å²) in [5, 5.41) is 0. The van der Waals surface area contributed by atoms with Crippen molar-refractivity contribution in [2.45, 2.75) is 0 Å². The first-order valence-electron chi connectivity index (χ1n) is 3.78. The van der Waals surface area contributed by atoms with Crippen LogP contribution in [0.4, 0.5) is 0 Å². The van der Waals surface area contributed by atoms with Gasteiger partial charge in [0.2, 0.25) is 0 Å². The average Bonchev–Trinajstić information content (AvgIpc) is 2.15. The smallest absolute Gasteiger partial charge is 0.339 e. The molecule has 68 valence electrons. The summed E-state index contributed by atoms with van der Waals surface area (Å²) in [6.45, 7) is 3.70. The molecule has 0 saturated carbocycles. The van der Waals surface area contributed by atoms with E-state index in [4.69, 9.17) is 4.74 Å². The number of ether oxygens (including phenoxy) is 1. The number of hydrogen-bond donors (Lipinski definition) is 0. The van der Waals surface area contributed by atoms with E-state index in [1.807, 2.05) is 6.07 Å².